The first kappa shape index (κ1) is 30.4. The normalized spacial score (nSPS) is 12.9. The van der Waals surface area contributed by atoms with Crippen LogP contribution in [0.25, 0.3) is 0 Å². The van der Waals surface area contributed by atoms with Gasteiger partial charge in [-0.2, -0.15) is 0 Å². The second-order valence-electron chi connectivity index (χ2n) is 9.40. The molecule has 41 heavy (non-hydrogen) atoms. The SMILES string of the molecule is NCC(=O)NC(Cc1ccc(O)cc1)C(=O)NC(Cc1ccc(O)cc1)C(=O)NC(Cc1ccc(O)cc1)C(=O)O. The monoisotopic (exact) mass is 564 g/mol. The number of hydrogen-bond donors (Lipinski definition) is 8. The number of nitrogens with two attached hydrogens (primary N) is 1. The first-order valence-electron chi connectivity index (χ1n) is 12.7. The molecule has 3 aromatic rings. The summed E-state index contributed by atoms with van der Waals surface area (Å²) in [6, 6.07) is 14.0. The Morgan fingerprint density at radius 1 is 0.561 bits per heavy atom. The Bertz CT molecular complexity index is 1340. The second-order valence-corrected chi connectivity index (χ2v) is 9.40. The van der Waals surface area contributed by atoms with Crippen molar-refractivity contribution in [2.24, 2.45) is 5.73 Å². The molecule has 3 rings (SSSR count). The van der Waals surface area contributed by atoms with Crippen LogP contribution < -0.4 is 21.7 Å². The van der Waals surface area contributed by atoms with Gasteiger partial charge in [-0.25, -0.2) is 4.79 Å². The number of carboxylic acids is 1. The van der Waals surface area contributed by atoms with Crippen LogP contribution in [0.4, 0.5) is 0 Å². The molecule has 9 N–H and O–H groups in total. The number of amides is 3. The molecule has 12 nitrogen and oxygen atoms in total. The van der Waals surface area contributed by atoms with Gasteiger partial charge in [-0.1, -0.05) is 36.4 Å². The molecule has 12 heteroatoms. The molecule has 0 saturated heterocycles. The predicted octanol–water partition coefficient (Wildman–Crippen LogP) is 0.329. The van der Waals surface area contributed by atoms with E-state index in [1.165, 1.54) is 48.5 Å². The Hall–Kier alpha value is -5.10. The van der Waals surface area contributed by atoms with Crippen molar-refractivity contribution in [2.75, 3.05) is 6.54 Å². The summed E-state index contributed by atoms with van der Waals surface area (Å²) in [6.07, 6.45) is -0.124. The fourth-order valence-corrected chi connectivity index (χ4v) is 4.02. The number of nitrogens with one attached hydrogen (secondary N) is 3. The average molecular weight is 565 g/mol. The minimum atomic E-state index is -1.35. The fourth-order valence-electron chi connectivity index (χ4n) is 4.02. The van der Waals surface area contributed by atoms with Crippen LogP contribution in [-0.4, -0.2) is 68.8 Å². The van der Waals surface area contributed by atoms with E-state index in [2.05, 4.69) is 16.0 Å². The van der Waals surface area contributed by atoms with Crippen LogP contribution in [0.3, 0.4) is 0 Å². The molecule has 3 atom stereocenters. The van der Waals surface area contributed by atoms with Crippen LogP contribution >= 0.6 is 0 Å². The third-order valence-electron chi connectivity index (χ3n) is 6.21. The standard InChI is InChI=1S/C29H32N4O8/c30-16-26(37)31-23(13-17-1-7-20(34)8-2-17)27(38)32-24(14-18-3-9-21(35)10-4-18)28(39)33-25(29(40)41)15-19-5-11-22(36)12-6-19/h1-12,23-25,34-36H,13-16,30H2,(H,31,37)(H,32,38)(H,33,39)(H,40,41). The van der Waals surface area contributed by atoms with Crippen molar-refractivity contribution in [1.82, 2.24) is 16.0 Å². The zero-order valence-corrected chi connectivity index (χ0v) is 22.0. The Morgan fingerprint density at radius 3 is 1.22 bits per heavy atom. The van der Waals surface area contributed by atoms with E-state index in [-0.39, 0.29) is 43.1 Å². The number of carbonyl (C=O) groups is 4. The largest absolute Gasteiger partial charge is 0.508 e. The summed E-state index contributed by atoms with van der Waals surface area (Å²) in [6.45, 7) is -0.381. The van der Waals surface area contributed by atoms with E-state index in [1.807, 2.05) is 0 Å². The number of hydrogen-bond acceptors (Lipinski definition) is 8. The van der Waals surface area contributed by atoms with Gasteiger partial charge in [-0.05, 0) is 53.1 Å². The maximum absolute atomic E-state index is 13.4. The molecule has 0 saturated carbocycles. The number of carboxylic acid groups (broad SMARTS) is 1. The first-order valence-corrected chi connectivity index (χ1v) is 12.7. The highest BCUT2D eigenvalue weighted by atomic mass is 16.4. The Labute approximate surface area is 235 Å². The summed E-state index contributed by atoms with van der Waals surface area (Å²) in [5, 5.41) is 46.0. The average Bonchev–Trinajstić information content (AvgIpc) is 2.95. The minimum Gasteiger partial charge on any atom is -0.508 e. The zero-order valence-electron chi connectivity index (χ0n) is 22.0. The fraction of sp³-hybridized carbons (Fsp3) is 0.241. The Kier molecular flexibility index (Phi) is 10.6. The van der Waals surface area contributed by atoms with Gasteiger partial charge in [0.2, 0.25) is 17.7 Å². The van der Waals surface area contributed by atoms with Crippen molar-refractivity contribution >= 4 is 23.7 Å². The summed E-state index contributed by atoms with van der Waals surface area (Å²) in [7, 11) is 0. The van der Waals surface area contributed by atoms with Crippen LogP contribution in [0.5, 0.6) is 17.2 Å². The highest BCUT2D eigenvalue weighted by Gasteiger charge is 2.30. The molecule has 0 bridgehead atoms. The lowest BCUT2D eigenvalue weighted by Gasteiger charge is -2.25. The number of phenolic OH excluding ortho intramolecular Hbond substituents is 3. The zero-order chi connectivity index (χ0) is 29.9. The highest BCUT2D eigenvalue weighted by Crippen LogP contribution is 2.15. The number of aromatic hydroxyl groups is 3. The number of phenols is 3. The molecule has 0 fully saturated rings. The molecule has 0 radical (unpaired) electrons. The van der Waals surface area contributed by atoms with Gasteiger partial charge in [-0.15, -0.1) is 0 Å². The van der Waals surface area contributed by atoms with Gasteiger partial charge in [-0.3, -0.25) is 14.4 Å². The van der Waals surface area contributed by atoms with Crippen LogP contribution in [-0.2, 0) is 38.4 Å². The molecular weight excluding hydrogens is 532 g/mol. The molecule has 0 aliphatic carbocycles. The van der Waals surface area contributed by atoms with E-state index in [1.54, 1.807) is 24.3 Å². The van der Waals surface area contributed by atoms with Gasteiger partial charge in [0.05, 0.1) is 6.54 Å². The molecule has 3 amide bonds. The van der Waals surface area contributed by atoms with Gasteiger partial charge >= 0.3 is 5.97 Å². The maximum Gasteiger partial charge on any atom is 0.326 e. The molecule has 3 unspecified atom stereocenters. The van der Waals surface area contributed by atoms with E-state index in [4.69, 9.17) is 5.73 Å². The molecule has 0 spiro atoms. The van der Waals surface area contributed by atoms with Gasteiger partial charge in [0, 0.05) is 19.3 Å². The van der Waals surface area contributed by atoms with Gasteiger partial charge in [0.25, 0.3) is 0 Å². The summed E-state index contributed by atoms with van der Waals surface area (Å²) in [5.74, 6) is -3.39. The van der Waals surface area contributed by atoms with Crippen LogP contribution in [0.15, 0.2) is 72.8 Å². The van der Waals surface area contributed by atoms with Crippen molar-refractivity contribution in [3.63, 3.8) is 0 Å². The lowest BCUT2D eigenvalue weighted by molar-refractivity contribution is -0.142. The number of benzene rings is 3. The van der Waals surface area contributed by atoms with Crippen LogP contribution in [0.1, 0.15) is 16.7 Å². The summed E-state index contributed by atoms with van der Waals surface area (Å²) in [4.78, 5) is 50.9. The van der Waals surface area contributed by atoms with Crippen molar-refractivity contribution in [2.45, 2.75) is 37.4 Å². The van der Waals surface area contributed by atoms with E-state index < -0.39 is 41.8 Å². The van der Waals surface area contributed by atoms with E-state index >= 15 is 0 Å². The summed E-state index contributed by atoms with van der Waals surface area (Å²) < 4.78 is 0. The molecular formula is C29H32N4O8. The van der Waals surface area contributed by atoms with Crippen LogP contribution in [0.2, 0.25) is 0 Å². The summed E-state index contributed by atoms with van der Waals surface area (Å²) >= 11 is 0. The number of rotatable bonds is 13. The maximum atomic E-state index is 13.4. The third kappa shape index (κ3) is 9.55. The smallest absolute Gasteiger partial charge is 0.326 e. The van der Waals surface area contributed by atoms with Crippen LogP contribution in [0, 0.1) is 0 Å². The van der Waals surface area contributed by atoms with E-state index in [0.717, 1.165) is 0 Å². The Morgan fingerprint density at radius 2 is 0.878 bits per heavy atom. The predicted molar refractivity (Wildman–Crippen MR) is 148 cm³/mol. The molecule has 0 aliphatic heterocycles. The van der Waals surface area contributed by atoms with Gasteiger partial charge < -0.3 is 42.1 Å². The van der Waals surface area contributed by atoms with Crippen molar-refractivity contribution in [3.8, 4) is 17.2 Å². The van der Waals surface area contributed by atoms with Crippen molar-refractivity contribution in [1.29, 1.82) is 0 Å². The van der Waals surface area contributed by atoms with E-state index in [9.17, 15) is 39.6 Å². The minimum absolute atomic E-state index is 0.00270. The second kappa shape index (κ2) is 14.3. The number of aliphatic carboxylic acids is 1. The lowest BCUT2D eigenvalue weighted by atomic mass is 10.0. The van der Waals surface area contributed by atoms with Gasteiger partial charge in [0.15, 0.2) is 0 Å². The molecule has 0 aromatic heterocycles. The molecule has 3 aromatic carbocycles. The van der Waals surface area contributed by atoms with E-state index in [0.29, 0.717) is 16.7 Å². The molecule has 0 heterocycles. The first-order chi connectivity index (χ1) is 19.5. The topological polar surface area (TPSA) is 211 Å². The third-order valence-corrected chi connectivity index (χ3v) is 6.21. The number of carbonyl (C=O) groups excluding carboxylic acids is 3. The molecule has 216 valence electrons. The summed E-state index contributed by atoms with van der Waals surface area (Å²) in [5.41, 5.74) is 7.15. The Balaban J connectivity index is 1.83. The van der Waals surface area contributed by atoms with Crippen molar-refractivity contribution < 1.29 is 39.6 Å². The lowest BCUT2D eigenvalue weighted by Crippen LogP contribution is -2.57. The van der Waals surface area contributed by atoms with Crippen molar-refractivity contribution in [3.05, 3.63) is 89.5 Å². The molecule has 0 aliphatic rings. The quantitative estimate of drug-likeness (QED) is 0.143. The highest BCUT2D eigenvalue weighted by molar-refractivity contribution is 5.94. The van der Waals surface area contributed by atoms with Gasteiger partial charge in [0.1, 0.15) is 35.4 Å².